The van der Waals surface area contributed by atoms with Crippen molar-refractivity contribution in [3.05, 3.63) is 29.8 Å². The van der Waals surface area contributed by atoms with Crippen LogP contribution in [0.15, 0.2) is 24.3 Å². The van der Waals surface area contributed by atoms with Crippen LogP contribution in [0, 0.1) is 0 Å². The predicted octanol–water partition coefficient (Wildman–Crippen LogP) is 1.19. The number of benzene rings is 1. The van der Waals surface area contributed by atoms with E-state index in [0.717, 1.165) is 0 Å². The Morgan fingerprint density at radius 3 is 2.28 bits per heavy atom. The Morgan fingerprint density at radius 1 is 1.08 bits per heavy atom. The van der Waals surface area contributed by atoms with Crippen LogP contribution in [0.2, 0.25) is 0 Å². The van der Waals surface area contributed by atoms with Crippen LogP contribution in [0.3, 0.4) is 0 Å². The monoisotopic (exact) mass is 349 g/mol. The molecule has 1 aliphatic heterocycles. The van der Waals surface area contributed by atoms with Crippen LogP contribution in [0.25, 0.3) is 0 Å². The van der Waals surface area contributed by atoms with E-state index >= 15 is 0 Å². The minimum Gasteiger partial charge on any atom is -0.465 e. The van der Waals surface area contributed by atoms with Crippen LogP contribution < -0.4 is 5.32 Å². The molecule has 0 spiro atoms. The third kappa shape index (κ3) is 5.46. The molecule has 0 unspecified atom stereocenters. The van der Waals surface area contributed by atoms with Crippen molar-refractivity contribution < 1.29 is 23.9 Å². The number of carbonyl (C=O) groups is 3. The van der Waals surface area contributed by atoms with Crippen molar-refractivity contribution in [1.29, 1.82) is 0 Å². The molecule has 1 saturated heterocycles. The Kier molecular flexibility index (Phi) is 6.76. The van der Waals surface area contributed by atoms with E-state index in [4.69, 9.17) is 4.74 Å². The molecule has 25 heavy (non-hydrogen) atoms. The molecule has 2 rings (SSSR count). The lowest BCUT2D eigenvalue weighted by Crippen LogP contribution is -2.50. The van der Waals surface area contributed by atoms with Gasteiger partial charge in [-0.1, -0.05) is 0 Å². The lowest BCUT2D eigenvalue weighted by Gasteiger charge is -2.33. The van der Waals surface area contributed by atoms with Gasteiger partial charge in [-0.05, 0) is 31.2 Å². The number of carbonyl (C=O) groups excluding carboxylic acids is 3. The molecule has 0 bridgehead atoms. The summed E-state index contributed by atoms with van der Waals surface area (Å²) in [5.74, 6) is -0.562. The molecule has 1 N–H and O–H groups in total. The van der Waals surface area contributed by atoms with Gasteiger partial charge in [-0.25, -0.2) is 9.59 Å². The zero-order valence-corrected chi connectivity index (χ0v) is 14.5. The largest absolute Gasteiger partial charge is 0.465 e. The zero-order chi connectivity index (χ0) is 18.2. The van der Waals surface area contributed by atoms with Crippen molar-refractivity contribution in [3.8, 4) is 0 Å². The molecular weight excluding hydrogens is 326 g/mol. The normalized spacial score (nSPS) is 14.7. The summed E-state index contributed by atoms with van der Waals surface area (Å²) >= 11 is 0. The van der Waals surface area contributed by atoms with Crippen LogP contribution in [0.1, 0.15) is 17.3 Å². The van der Waals surface area contributed by atoms with Gasteiger partial charge in [0.2, 0.25) is 5.91 Å². The lowest BCUT2D eigenvalue weighted by molar-refractivity contribution is -0.117. The maximum absolute atomic E-state index is 12.1. The summed E-state index contributed by atoms with van der Waals surface area (Å²) in [6, 6.07) is 6.50. The molecular formula is C17H23N3O5. The number of nitrogens with one attached hydrogen (secondary N) is 1. The van der Waals surface area contributed by atoms with E-state index in [-0.39, 0.29) is 18.5 Å². The predicted molar refractivity (Wildman–Crippen MR) is 91.4 cm³/mol. The lowest BCUT2D eigenvalue weighted by atomic mass is 10.2. The maximum atomic E-state index is 12.1. The molecule has 0 aliphatic carbocycles. The first-order chi connectivity index (χ1) is 12.0. The number of hydrogen-bond donors (Lipinski definition) is 1. The second-order valence-electron chi connectivity index (χ2n) is 5.58. The third-order valence-corrected chi connectivity index (χ3v) is 3.86. The number of hydrogen-bond acceptors (Lipinski definition) is 6. The SMILES string of the molecule is CCOC(=O)N1CCN(CC(=O)Nc2ccc(C(=O)OC)cc2)CC1. The molecule has 1 heterocycles. The molecule has 8 nitrogen and oxygen atoms in total. The summed E-state index contributed by atoms with van der Waals surface area (Å²) in [6.45, 7) is 4.70. The van der Waals surface area contributed by atoms with Crippen LogP contribution in [-0.4, -0.2) is 74.2 Å². The van der Waals surface area contributed by atoms with Gasteiger partial charge < -0.3 is 19.7 Å². The van der Waals surface area contributed by atoms with Gasteiger partial charge in [0.05, 0.1) is 25.8 Å². The Morgan fingerprint density at radius 2 is 1.72 bits per heavy atom. The molecule has 1 fully saturated rings. The summed E-state index contributed by atoms with van der Waals surface area (Å²) in [6.07, 6.45) is -0.308. The summed E-state index contributed by atoms with van der Waals surface area (Å²) in [5, 5.41) is 2.79. The van der Waals surface area contributed by atoms with Gasteiger partial charge >= 0.3 is 12.1 Å². The molecule has 1 aliphatic rings. The van der Waals surface area contributed by atoms with E-state index in [1.54, 1.807) is 36.1 Å². The van der Waals surface area contributed by atoms with Crippen molar-refractivity contribution >= 4 is 23.7 Å². The van der Waals surface area contributed by atoms with Gasteiger partial charge in [-0.15, -0.1) is 0 Å². The van der Waals surface area contributed by atoms with E-state index in [9.17, 15) is 14.4 Å². The highest BCUT2D eigenvalue weighted by atomic mass is 16.6. The maximum Gasteiger partial charge on any atom is 0.409 e. The number of esters is 1. The van der Waals surface area contributed by atoms with Crippen LogP contribution >= 0.6 is 0 Å². The summed E-state index contributed by atoms with van der Waals surface area (Å²) in [4.78, 5) is 38.8. The number of rotatable bonds is 5. The van der Waals surface area contributed by atoms with Crippen LogP contribution in [0.5, 0.6) is 0 Å². The van der Waals surface area contributed by atoms with Gasteiger partial charge in [0.15, 0.2) is 0 Å². The number of nitrogens with zero attached hydrogens (tertiary/aromatic N) is 2. The average molecular weight is 349 g/mol. The van der Waals surface area contributed by atoms with Crippen molar-refractivity contribution in [2.75, 3.05) is 51.8 Å². The smallest absolute Gasteiger partial charge is 0.409 e. The van der Waals surface area contributed by atoms with E-state index in [0.29, 0.717) is 44.0 Å². The number of piperazine rings is 1. The fourth-order valence-corrected chi connectivity index (χ4v) is 2.51. The molecule has 0 aromatic heterocycles. The number of methoxy groups -OCH3 is 1. The average Bonchev–Trinajstić information content (AvgIpc) is 2.62. The van der Waals surface area contributed by atoms with Gasteiger partial charge in [0, 0.05) is 31.9 Å². The van der Waals surface area contributed by atoms with Crippen LogP contribution in [0.4, 0.5) is 10.5 Å². The van der Waals surface area contributed by atoms with Gasteiger partial charge in [-0.2, -0.15) is 0 Å². The fraction of sp³-hybridized carbons (Fsp3) is 0.471. The molecule has 1 aromatic rings. The first kappa shape index (κ1) is 18.7. The number of ether oxygens (including phenoxy) is 2. The van der Waals surface area contributed by atoms with Crippen LogP contribution in [-0.2, 0) is 14.3 Å². The third-order valence-electron chi connectivity index (χ3n) is 3.86. The number of anilines is 1. The topological polar surface area (TPSA) is 88.2 Å². The van der Waals surface area contributed by atoms with E-state index in [2.05, 4.69) is 10.1 Å². The summed E-state index contributed by atoms with van der Waals surface area (Å²) in [5.41, 5.74) is 1.04. The second kappa shape index (κ2) is 9.03. The Balaban J connectivity index is 1.77. The van der Waals surface area contributed by atoms with Crippen molar-refractivity contribution in [2.45, 2.75) is 6.92 Å². The minimum absolute atomic E-state index is 0.143. The van der Waals surface area contributed by atoms with Crippen molar-refractivity contribution in [1.82, 2.24) is 9.80 Å². The van der Waals surface area contributed by atoms with Crippen molar-refractivity contribution in [2.24, 2.45) is 0 Å². The standard InChI is InChI=1S/C17H23N3O5/c1-3-25-17(23)20-10-8-19(9-11-20)12-15(21)18-14-6-4-13(5-7-14)16(22)24-2/h4-7H,3,8-12H2,1-2H3,(H,18,21). The molecule has 0 saturated carbocycles. The zero-order valence-electron chi connectivity index (χ0n) is 14.5. The van der Waals surface area contributed by atoms with Gasteiger partial charge in [0.25, 0.3) is 0 Å². The highest BCUT2D eigenvalue weighted by Gasteiger charge is 2.23. The molecule has 8 heteroatoms. The van der Waals surface area contributed by atoms with Gasteiger partial charge in [-0.3, -0.25) is 9.69 Å². The molecule has 0 atom stereocenters. The Labute approximate surface area is 146 Å². The second-order valence-corrected chi connectivity index (χ2v) is 5.58. The molecule has 0 radical (unpaired) electrons. The minimum atomic E-state index is -0.419. The van der Waals surface area contributed by atoms with E-state index < -0.39 is 5.97 Å². The highest BCUT2D eigenvalue weighted by molar-refractivity contribution is 5.94. The Hall–Kier alpha value is -2.61. The van der Waals surface area contributed by atoms with Gasteiger partial charge in [0.1, 0.15) is 0 Å². The molecule has 1 aromatic carbocycles. The van der Waals surface area contributed by atoms with E-state index in [1.807, 2.05) is 4.90 Å². The molecule has 136 valence electrons. The van der Waals surface area contributed by atoms with E-state index in [1.165, 1.54) is 7.11 Å². The summed E-state index contributed by atoms with van der Waals surface area (Å²) in [7, 11) is 1.32. The van der Waals surface area contributed by atoms with Crippen molar-refractivity contribution in [3.63, 3.8) is 0 Å². The quantitative estimate of drug-likeness (QED) is 0.803. The highest BCUT2D eigenvalue weighted by Crippen LogP contribution is 2.11. The summed E-state index contributed by atoms with van der Waals surface area (Å²) < 4.78 is 9.60. The number of amides is 2. The Bertz CT molecular complexity index is 609. The first-order valence-electron chi connectivity index (χ1n) is 8.15. The molecule has 2 amide bonds. The first-order valence-corrected chi connectivity index (χ1v) is 8.15. The fourth-order valence-electron chi connectivity index (χ4n) is 2.51.